The fourth-order valence-corrected chi connectivity index (χ4v) is 0. The van der Waals surface area contributed by atoms with Crippen LogP contribution in [0, 0.1) is 0 Å². The van der Waals surface area contributed by atoms with E-state index < -0.39 is 72.8 Å². The SMILES string of the molecule is O=S(=O)([O-])[O-].O=S(=O)([O-])[O-].O=S(=O)([O-])[O-].O=S(=O)([O-])[O-].O=S(=O)([O-])[O-].O=S(=O)([O-])[O-].O=S(=O)([O-])[O-].[Na+].[Na+].[Na+].[Na+].[Na+].[Na+].[Na+].[Na+].[Na+].[Na+].[Na+].[Na+].[Na+].[Na+]. The second-order valence-corrected chi connectivity index (χ2v) is 8.57. The Hall–Kier alpha value is 13.1. The van der Waals surface area contributed by atoms with Crippen LogP contribution in [-0.4, -0.2) is 123 Å². The number of rotatable bonds is 0. The van der Waals surface area contributed by atoms with Gasteiger partial charge in [0.25, 0.3) is 0 Å². The molecule has 0 aliphatic carbocycles. The van der Waals surface area contributed by atoms with Crippen LogP contribution in [0.15, 0.2) is 0 Å². The maximum Gasteiger partial charge on any atom is 1.00 e. The van der Waals surface area contributed by atoms with Crippen molar-refractivity contribution in [2.45, 2.75) is 0 Å². The molecule has 0 aromatic rings. The van der Waals surface area contributed by atoms with Crippen LogP contribution in [-0.2, 0) is 72.8 Å². The molecule has 49 heavy (non-hydrogen) atoms. The molecule has 28 nitrogen and oxygen atoms in total. The van der Waals surface area contributed by atoms with Crippen LogP contribution in [0.2, 0.25) is 0 Å². The smallest absolute Gasteiger partial charge is 0.759 e. The molecule has 0 radical (unpaired) electrons. The van der Waals surface area contributed by atoms with Crippen molar-refractivity contribution in [3.63, 3.8) is 0 Å². The van der Waals surface area contributed by atoms with Crippen LogP contribution < -0.4 is 414 Å². The molecule has 0 bridgehead atoms. The van der Waals surface area contributed by atoms with E-state index in [-0.39, 0.29) is 414 Å². The van der Waals surface area contributed by atoms with Gasteiger partial charge in [0.2, 0.25) is 0 Å². The maximum absolute atomic E-state index is 8.52. The van der Waals surface area contributed by atoms with Gasteiger partial charge in [0.15, 0.2) is 0 Å². The zero-order chi connectivity index (χ0) is 31.5. The molecule has 0 aromatic heterocycles. The van der Waals surface area contributed by atoms with E-state index in [1.165, 1.54) is 0 Å². The fraction of sp³-hybridized carbons (Fsp3) is 0. The zero-order valence-electron chi connectivity index (χ0n) is 28.3. The Morgan fingerprint density at radius 3 is 0.143 bits per heavy atom. The monoisotopic (exact) mass is 994 g/mol. The molecular weight excluding hydrogens is 994 g/mol. The van der Waals surface area contributed by atoms with Gasteiger partial charge in [-0.05, 0) is 0 Å². The summed E-state index contributed by atoms with van der Waals surface area (Å²) >= 11 is 0. The summed E-state index contributed by atoms with van der Waals surface area (Å²) in [5.74, 6) is 0. The molecule has 0 fully saturated rings. The molecule has 0 saturated carbocycles. The summed E-state index contributed by atoms with van der Waals surface area (Å²) in [6, 6.07) is 0. The molecule has 0 N–H and O–H groups in total. The van der Waals surface area contributed by atoms with Gasteiger partial charge in [0, 0.05) is 72.8 Å². The molecule has 0 aliphatic rings. The maximum atomic E-state index is 8.52. The first kappa shape index (κ1) is 137. The van der Waals surface area contributed by atoms with Crippen molar-refractivity contribution in [2.75, 3.05) is 0 Å². The van der Waals surface area contributed by atoms with Gasteiger partial charge < -0.3 is 63.7 Å². The van der Waals surface area contributed by atoms with Gasteiger partial charge in [0.05, 0.1) is 0 Å². The van der Waals surface area contributed by atoms with E-state index in [2.05, 4.69) is 0 Å². The predicted octanol–water partition coefficient (Wildman–Crippen LogP) is -51.3. The summed E-state index contributed by atoms with van der Waals surface area (Å²) in [7, 11) is -36.2. The molecule has 0 saturated heterocycles. The predicted molar refractivity (Wildman–Crippen MR) is 73.3 cm³/mol. The van der Waals surface area contributed by atoms with E-state index in [1.807, 2.05) is 0 Å². The van der Waals surface area contributed by atoms with E-state index in [4.69, 9.17) is 123 Å². The largest absolute Gasteiger partial charge is 1.00 e. The summed E-state index contributed by atoms with van der Waals surface area (Å²) in [5.41, 5.74) is 0. The van der Waals surface area contributed by atoms with Gasteiger partial charge in [-0.3, -0.25) is 58.9 Å². The minimum Gasteiger partial charge on any atom is -0.759 e. The van der Waals surface area contributed by atoms with Gasteiger partial charge in [-0.2, -0.15) is 0 Å². The van der Waals surface area contributed by atoms with Crippen molar-refractivity contribution in [2.24, 2.45) is 0 Å². The third kappa shape index (κ3) is 1240. The molecule has 0 aromatic carbocycles. The molecule has 0 heterocycles. The van der Waals surface area contributed by atoms with E-state index in [1.54, 1.807) is 0 Å². The van der Waals surface area contributed by atoms with Crippen molar-refractivity contribution < 1.29 is 536 Å². The van der Waals surface area contributed by atoms with Crippen molar-refractivity contribution in [1.82, 2.24) is 0 Å². The van der Waals surface area contributed by atoms with Crippen molar-refractivity contribution in [1.29, 1.82) is 0 Å². The Bertz CT molecular complexity index is 945. The van der Waals surface area contributed by atoms with E-state index in [0.717, 1.165) is 0 Å². The zero-order valence-corrected chi connectivity index (χ0v) is 62.0. The molecule has 0 atom stereocenters. The van der Waals surface area contributed by atoms with Crippen LogP contribution >= 0.6 is 0 Å². The molecule has 0 unspecified atom stereocenters. The van der Waals surface area contributed by atoms with Crippen molar-refractivity contribution in [3.8, 4) is 0 Å². The first-order valence-corrected chi connectivity index (χ1v) is 14.0. The van der Waals surface area contributed by atoms with Crippen molar-refractivity contribution in [3.05, 3.63) is 0 Å². The van der Waals surface area contributed by atoms with E-state index in [9.17, 15) is 0 Å². The van der Waals surface area contributed by atoms with Gasteiger partial charge >= 0.3 is 414 Å². The molecule has 0 amide bonds. The molecular formula is Na14O28S7. The summed E-state index contributed by atoms with van der Waals surface area (Å²) in [4.78, 5) is 0. The molecule has 0 spiro atoms. The molecule has 0 rings (SSSR count). The quantitative estimate of drug-likeness (QED) is 0.123. The Kier molecular flexibility index (Phi) is 204. The van der Waals surface area contributed by atoms with Crippen LogP contribution in [0.1, 0.15) is 0 Å². The van der Waals surface area contributed by atoms with Gasteiger partial charge in [0.1, 0.15) is 0 Å². The Balaban J connectivity index is -0.00000000938. The number of hydrogen-bond acceptors (Lipinski definition) is 28. The van der Waals surface area contributed by atoms with Crippen LogP contribution in [0.25, 0.3) is 0 Å². The Morgan fingerprint density at radius 1 is 0.143 bits per heavy atom. The Labute approximate surface area is 593 Å². The van der Waals surface area contributed by atoms with Crippen LogP contribution in [0.4, 0.5) is 0 Å². The first-order valence-electron chi connectivity index (χ1n) is 4.67. The fourth-order valence-electron chi connectivity index (χ4n) is 0. The minimum absolute atomic E-state index is 0. The Morgan fingerprint density at radius 2 is 0.143 bits per heavy atom. The molecule has 224 valence electrons. The second-order valence-electron chi connectivity index (χ2n) is 2.86. The first-order chi connectivity index (χ1) is 14.0. The molecule has 49 heteroatoms. The van der Waals surface area contributed by atoms with Crippen molar-refractivity contribution >= 4 is 72.8 Å². The topological polar surface area (TPSA) is 562 Å². The third-order valence-corrected chi connectivity index (χ3v) is 0. The normalized spacial score (nSPS) is 8.29. The van der Waals surface area contributed by atoms with Crippen LogP contribution in [0.3, 0.4) is 0 Å². The van der Waals surface area contributed by atoms with Gasteiger partial charge in [-0.25, -0.2) is 0 Å². The molecule has 0 aliphatic heterocycles. The number of hydrogen-bond donors (Lipinski definition) is 0. The summed E-state index contributed by atoms with van der Waals surface area (Å²) in [6.07, 6.45) is 0. The third-order valence-electron chi connectivity index (χ3n) is 0. The summed E-state index contributed by atoms with van der Waals surface area (Å²) < 4.78 is 239. The van der Waals surface area contributed by atoms with Gasteiger partial charge in [-0.15, -0.1) is 0 Å². The van der Waals surface area contributed by atoms with E-state index in [0.29, 0.717) is 0 Å². The standard InChI is InChI=1S/14Na.7H2O4S/c;;;;;;;;;;;;;;7*1-5(2,3)4/h;;;;;;;;;;;;;;7*(H2,1,2,3,4)/q14*+1;;;;;;;/p-14. The second kappa shape index (κ2) is 72.7. The summed E-state index contributed by atoms with van der Waals surface area (Å²) in [6.45, 7) is 0. The average Bonchev–Trinajstić information content (AvgIpc) is 2.06. The van der Waals surface area contributed by atoms with Gasteiger partial charge in [-0.1, -0.05) is 0 Å². The summed E-state index contributed by atoms with van der Waals surface area (Å²) in [5, 5.41) is 0. The minimum atomic E-state index is -5.17. The van der Waals surface area contributed by atoms with Crippen LogP contribution in [0.5, 0.6) is 0 Å². The van der Waals surface area contributed by atoms with E-state index >= 15 is 0 Å². The average molecular weight is 994 g/mol.